The van der Waals surface area contributed by atoms with E-state index in [9.17, 15) is 14.9 Å². The minimum Gasteiger partial charge on any atom is -0.465 e. The van der Waals surface area contributed by atoms with Gasteiger partial charge in [0.15, 0.2) is 5.78 Å². The van der Waals surface area contributed by atoms with Gasteiger partial charge in [0.1, 0.15) is 0 Å². The molecule has 0 saturated heterocycles. The van der Waals surface area contributed by atoms with Crippen molar-refractivity contribution in [2.45, 2.75) is 32.7 Å². The lowest BCUT2D eigenvalue weighted by Gasteiger charge is -2.22. The van der Waals surface area contributed by atoms with E-state index in [2.05, 4.69) is 17.6 Å². The van der Waals surface area contributed by atoms with Crippen molar-refractivity contribution in [1.82, 2.24) is 4.57 Å². The summed E-state index contributed by atoms with van der Waals surface area (Å²) in [5.74, 6) is -0.0542. The average molecular weight is 386 g/mol. The molecular weight excluding hydrogens is 364 g/mol. The number of ketones is 1. The number of carbonyl (C=O) groups is 2. The number of aromatic nitrogens is 1. The molecule has 3 aromatic rings. The van der Waals surface area contributed by atoms with E-state index < -0.39 is 5.97 Å². The number of nitriles is 1. The van der Waals surface area contributed by atoms with Crippen LogP contribution in [0.1, 0.15) is 57.3 Å². The Morgan fingerprint density at radius 3 is 2.76 bits per heavy atom. The summed E-state index contributed by atoms with van der Waals surface area (Å²) in [6.45, 7) is 2.64. The fourth-order valence-electron chi connectivity index (χ4n) is 4.35. The lowest BCUT2D eigenvalue weighted by molar-refractivity contribution is 0.0603. The first-order valence-corrected chi connectivity index (χ1v) is 9.82. The van der Waals surface area contributed by atoms with Crippen molar-refractivity contribution < 1.29 is 14.3 Å². The average Bonchev–Trinajstić information content (AvgIpc) is 3.07. The van der Waals surface area contributed by atoms with Crippen LogP contribution in [0.3, 0.4) is 0 Å². The van der Waals surface area contributed by atoms with Crippen LogP contribution in [-0.2, 0) is 17.7 Å². The number of nitrogens with zero attached hydrogens (tertiary/aromatic N) is 2. The highest BCUT2D eigenvalue weighted by molar-refractivity contribution is 6.16. The predicted octanol–water partition coefficient (Wildman–Crippen LogP) is 4.50. The highest BCUT2D eigenvalue weighted by atomic mass is 16.5. The highest BCUT2D eigenvalue weighted by Crippen LogP contribution is 2.37. The summed E-state index contributed by atoms with van der Waals surface area (Å²) in [6.07, 6.45) is 2.23. The van der Waals surface area contributed by atoms with Gasteiger partial charge in [-0.2, -0.15) is 5.26 Å². The van der Waals surface area contributed by atoms with Crippen molar-refractivity contribution in [3.8, 4) is 6.07 Å². The SMILES string of the molecule is CCC1CC(=O)c2c(n(Cc3cccc(C#N)c3)c3cccc(C(=O)OC)c23)C1. The van der Waals surface area contributed by atoms with Gasteiger partial charge in [0, 0.05) is 29.6 Å². The minimum absolute atomic E-state index is 0.0870. The van der Waals surface area contributed by atoms with Gasteiger partial charge in [-0.25, -0.2) is 4.79 Å². The van der Waals surface area contributed by atoms with Crippen LogP contribution in [0.25, 0.3) is 10.9 Å². The van der Waals surface area contributed by atoms with Gasteiger partial charge in [0.05, 0.1) is 29.8 Å². The first-order chi connectivity index (χ1) is 14.1. The highest BCUT2D eigenvalue weighted by Gasteiger charge is 2.32. The second-order valence-electron chi connectivity index (χ2n) is 7.52. The summed E-state index contributed by atoms with van der Waals surface area (Å²) < 4.78 is 7.11. The zero-order valence-electron chi connectivity index (χ0n) is 16.6. The Bertz CT molecular complexity index is 1170. The number of esters is 1. The van der Waals surface area contributed by atoms with Crippen molar-refractivity contribution in [2.24, 2.45) is 5.92 Å². The van der Waals surface area contributed by atoms with Gasteiger partial charge < -0.3 is 9.30 Å². The van der Waals surface area contributed by atoms with E-state index in [0.717, 1.165) is 29.6 Å². The number of methoxy groups -OCH3 is 1. The van der Waals surface area contributed by atoms with Crippen LogP contribution < -0.4 is 0 Å². The smallest absolute Gasteiger partial charge is 0.338 e. The fraction of sp³-hybridized carbons (Fsp3) is 0.292. The zero-order chi connectivity index (χ0) is 20.5. The number of rotatable bonds is 4. The lowest BCUT2D eigenvalue weighted by atomic mass is 9.84. The van der Waals surface area contributed by atoms with Crippen molar-refractivity contribution >= 4 is 22.7 Å². The van der Waals surface area contributed by atoms with E-state index in [-0.39, 0.29) is 5.78 Å². The Hall–Kier alpha value is -3.39. The van der Waals surface area contributed by atoms with Crippen LogP contribution in [0.4, 0.5) is 0 Å². The molecule has 1 unspecified atom stereocenters. The van der Waals surface area contributed by atoms with Crippen LogP contribution in [0.5, 0.6) is 0 Å². The number of fused-ring (bicyclic) bond motifs is 3. The van der Waals surface area contributed by atoms with Gasteiger partial charge in [-0.1, -0.05) is 31.5 Å². The summed E-state index contributed by atoms with van der Waals surface area (Å²) in [6, 6.07) is 15.1. The number of carbonyl (C=O) groups excluding carboxylic acids is 2. The molecule has 5 nitrogen and oxygen atoms in total. The normalized spacial score (nSPS) is 15.8. The second-order valence-corrected chi connectivity index (χ2v) is 7.52. The monoisotopic (exact) mass is 386 g/mol. The topological polar surface area (TPSA) is 72.1 Å². The summed E-state index contributed by atoms with van der Waals surface area (Å²) in [4.78, 5) is 25.5. The van der Waals surface area contributed by atoms with E-state index in [1.807, 2.05) is 30.3 Å². The molecule has 0 radical (unpaired) electrons. The summed E-state index contributed by atoms with van der Waals surface area (Å²) >= 11 is 0. The van der Waals surface area contributed by atoms with Gasteiger partial charge in [-0.05, 0) is 42.2 Å². The molecule has 0 saturated carbocycles. The Kier molecular flexibility index (Phi) is 4.94. The van der Waals surface area contributed by atoms with E-state index in [1.54, 1.807) is 12.1 Å². The molecule has 0 fully saturated rings. The third kappa shape index (κ3) is 3.21. The first kappa shape index (κ1) is 18.9. The number of ether oxygens (including phenoxy) is 1. The van der Waals surface area contributed by atoms with Crippen LogP contribution in [-0.4, -0.2) is 23.4 Å². The molecule has 1 aromatic heterocycles. The van der Waals surface area contributed by atoms with Crippen molar-refractivity contribution in [3.63, 3.8) is 0 Å². The van der Waals surface area contributed by atoms with E-state index >= 15 is 0 Å². The molecule has 5 heteroatoms. The summed E-state index contributed by atoms with van der Waals surface area (Å²) in [5, 5.41) is 9.91. The minimum atomic E-state index is -0.438. The summed E-state index contributed by atoms with van der Waals surface area (Å²) in [7, 11) is 1.35. The molecule has 0 spiro atoms. The van der Waals surface area contributed by atoms with Crippen molar-refractivity contribution in [1.29, 1.82) is 5.26 Å². The molecular formula is C24H22N2O3. The predicted molar refractivity (Wildman–Crippen MR) is 110 cm³/mol. The van der Waals surface area contributed by atoms with Crippen LogP contribution in [0.15, 0.2) is 42.5 Å². The van der Waals surface area contributed by atoms with Crippen molar-refractivity contribution in [2.75, 3.05) is 7.11 Å². The maximum atomic E-state index is 13.1. The quantitative estimate of drug-likeness (QED) is 0.619. The maximum absolute atomic E-state index is 13.1. The standard InChI is InChI=1S/C24H22N2O3/c1-3-15-11-20-23(21(27)12-15)22-18(24(28)29-2)8-5-9-19(22)26(20)14-17-7-4-6-16(10-17)13-25/h4-10,15H,3,11-12,14H2,1-2H3. The van der Waals surface area contributed by atoms with E-state index in [0.29, 0.717) is 41.0 Å². The fourth-order valence-corrected chi connectivity index (χ4v) is 4.35. The maximum Gasteiger partial charge on any atom is 0.338 e. The Morgan fingerprint density at radius 2 is 2.03 bits per heavy atom. The number of hydrogen-bond donors (Lipinski definition) is 0. The molecule has 1 aliphatic carbocycles. The first-order valence-electron chi connectivity index (χ1n) is 9.82. The molecule has 0 aliphatic heterocycles. The number of benzene rings is 2. The molecule has 0 amide bonds. The van der Waals surface area contributed by atoms with Gasteiger partial charge in [-0.15, -0.1) is 0 Å². The summed E-state index contributed by atoms with van der Waals surface area (Å²) in [5.41, 5.74) is 4.49. The molecule has 0 N–H and O–H groups in total. The Labute approximate surface area is 169 Å². The third-order valence-electron chi connectivity index (χ3n) is 5.81. The van der Waals surface area contributed by atoms with Crippen LogP contribution in [0, 0.1) is 17.2 Å². The molecule has 1 aliphatic rings. The van der Waals surface area contributed by atoms with Gasteiger partial charge in [0.25, 0.3) is 0 Å². The third-order valence-corrected chi connectivity index (χ3v) is 5.81. The second kappa shape index (κ2) is 7.56. The molecule has 4 rings (SSSR count). The zero-order valence-corrected chi connectivity index (χ0v) is 16.6. The molecule has 2 aromatic carbocycles. The lowest BCUT2D eigenvalue weighted by Crippen LogP contribution is -2.21. The molecule has 1 heterocycles. The molecule has 29 heavy (non-hydrogen) atoms. The Morgan fingerprint density at radius 1 is 1.24 bits per heavy atom. The van der Waals surface area contributed by atoms with E-state index in [1.165, 1.54) is 7.11 Å². The number of hydrogen-bond acceptors (Lipinski definition) is 4. The van der Waals surface area contributed by atoms with Gasteiger partial charge in [-0.3, -0.25) is 4.79 Å². The molecule has 146 valence electrons. The number of Topliss-reactive ketones (excluding diaryl/α,β-unsaturated/α-hetero) is 1. The van der Waals surface area contributed by atoms with Crippen molar-refractivity contribution in [3.05, 3.63) is 70.4 Å². The largest absolute Gasteiger partial charge is 0.465 e. The van der Waals surface area contributed by atoms with Gasteiger partial charge >= 0.3 is 5.97 Å². The van der Waals surface area contributed by atoms with Crippen LogP contribution >= 0.6 is 0 Å². The molecule has 0 bridgehead atoms. The van der Waals surface area contributed by atoms with E-state index in [4.69, 9.17) is 4.74 Å². The Balaban J connectivity index is 1.97. The van der Waals surface area contributed by atoms with Crippen LogP contribution in [0.2, 0.25) is 0 Å². The van der Waals surface area contributed by atoms with Gasteiger partial charge in [0.2, 0.25) is 0 Å². The molecule has 1 atom stereocenters.